The van der Waals surface area contributed by atoms with Crippen LogP contribution in [0.25, 0.3) is 0 Å². The maximum absolute atomic E-state index is 12.0. The molecule has 53 heavy (non-hydrogen) atoms. The molecule has 8 unspecified atom stereocenters. The van der Waals surface area contributed by atoms with E-state index in [-0.39, 0.29) is 5.41 Å². The Bertz CT molecular complexity index is 1670. The quantitative estimate of drug-likeness (QED) is 0.144. The van der Waals surface area contributed by atoms with Gasteiger partial charge in [0.2, 0.25) is 5.90 Å². The predicted molar refractivity (Wildman–Crippen MR) is 216 cm³/mol. The van der Waals surface area contributed by atoms with Gasteiger partial charge in [-0.3, -0.25) is 0 Å². The van der Waals surface area contributed by atoms with Gasteiger partial charge < -0.3 is 15.0 Å². The number of aliphatic imine (C=N–C) groups is 1. The van der Waals surface area contributed by atoms with Crippen LogP contribution in [0.1, 0.15) is 118 Å². The summed E-state index contributed by atoms with van der Waals surface area (Å²) >= 11 is 0. The first-order valence-electron chi connectivity index (χ1n) is 21.3. The zero-order chi connectivity index (χ0) is 37.6. The first kappa shape index (κ1) is 39.0. The van der Waals surface area contributed by atoms with E-state index >= 15 is 0 Å². The van der Waals surface area contributed by atoms with Crippen LogP contribution in [-0.2, 0) is 14.6 Å². The van der Waals surface area contributed by atoms with Gasteiger partial charge in [-0.25, -0.2) is 13.4 Å². The molecule has 1 aliphatic heterocycles. The molecule has 7 rings (SSSR count). The molecule has 8 heteroatoms. The summed E-state index contributed by atoms with van der Waals surface area (Å²) in [5.41, 5.74) is 4.87. The van der Waals surface area contributed by atoms with Crippen LogP contribution in [0.2, 0.25) is 0 Å². The van der Waals surface area contributed by atoms with Crippen molar-refractivity contribution in [3.05, 3.63) is 47.7 Å². The molecule has 0 amide bonds. The van der Waals surface area contributed by atoms with Gasteiger partial charge in [0.25, 0.3) is 0 Å². The number of nitriles is 1. The van der Waals surface area contributed by atoms with E-state index in [1.165, 1.54) is 70.4 Å². The van der Waals surface area contributed by atoms with Crippen LogP contribution in [0.15, 0.2) is 52.7 Å². The van der Waals surface area contributed by atoms with Gasteiger partial charge in [-0.1, -0.05) is 58.9 Å². The number of ether oxygens (including phenoxy) is 1. The first-order chi connectivity index (χ1) is 25.3. The highest BCUT2D eigenvalue weighted by Crippen LogP contribution is 2.72. The molecule has 1 saturated heterocycles. The second-order valence-corrected chi connectivity index (χ2v) is 21.6. The van der Waals surface area contributed by atoms with Crippen LogP contribution in [0.5, 0.6) is 0 Å². The molecule has 0 aromatic heterocycles. The fourth-order valence-corrected chi connectivity index (χ4v) is 15.4. The summed E-state index contributed by atoms with van der Waals surface area (Å²) in [6, 6.07) is 2.19. The number of hydrogen-bond acceptors (Lipinski definition) is 7. The highest BCUT2D eigenvalue weighted by Gasteiger charge is 2.65. The minimum Gasteiger partial charge on any atom is -0.476 e. The van der Waals surface area contributed by atoms with Crippen LogP contribution < -0.4 is 5.32 Å². The fourth-order valence-electron chi connectivity index (χ4n) is 14.1. The standard InChI is InChI=1S/C45H68N4O3S/c1-7-33(30-46)41(47-8-2)52-31-32-11-13-34(14-12-32)36-17-21-44(6)39(42(36,3)4)19-22-43(5)37-18-23-45(20-9-10-38(45)35(37)15-16-40(43)44)48-24-25-49-26-28-53(50,51)29-27-49/h7-8,13,17,32,35,37-40,48H,2,9-12,14-16,18-29,31H2,1,3-6H3/b33-7-,47-41?/t32?,35?,37?,38-,39?,40?,43?,44?,45?/m1/s1. The molecule has 5 fully saturated rings. The Morgan fingerprint density at radius 3 is 2.51 bits per heavy atom. The van der Waals surface area contributed by atoms with E-state index in [0.717, 1.165) is 56.0 Å². The summed E-state index contributed by atoms with van der Waals surface area (Å²) in [6.07, 6.45) is 25.1. The third-order valence-corrected chi connectivity index (χ3v) is 18.2. The smallest absolute Gasteiger partial charge is 0.231 e. The van der Waals surface area contributed by atoms with Crippen molar-refractivity contribution in [3.8, 4) is 6.07 Å². The van der Waals surface area contributed by atoms with Crippen LogP contribution in [-0.4, -0.2) is 69.0 Å². The van der Waals surface area contributed by atoms with Gasteiger partial charge in [-0.15, -0.1) is 0 Å². The summed E-state index contributed by atoms with van der Waals surface area (Å²) in [4.78, 5) is 6.59. The Hall–Kier alpha value is -2.21. The van der Waals surface area contributed by atoms with E-state index in [0.29, 0.717) is 70.9 Å². The summed E-state index contributed by atoms with van der Waals surface area (Å²) < 4.78 is 30.0. The van der Waals surface area contributed by atoms with E-state index < -0.39 is 9.84 Å². The van der Waals surface area contributed by atoms with Crippen molar-refractivity contribution < 1.29 is 13.2 Å². The number of nitrogens with zero attached hydrogens (tertiary/aromatic N) is 3. The van der Waals surface area contributed by atoms with Gasteiger partial charge >= 0.3 is 0 Å². The molecular weight excluding hydrogens is 677 g/mol. The number of sulfone groups is 1. The summed E-state index contributed by atoms with van der Waals surface area (Å²) in [5, 5.41) is 13.7. The molecule has 292 valence electrons. The summed E-state index contributed by atoms with van der Waals surface area (Å²) in [5.74, 6) is 5.42. The third-order valence-electron chi connectivity index (χ3n) is 16.6. The van der Waals surface area contributed by atoms with Gasteiger partial charge in [0.05, 0.1) is 18.1 Å². The minimum atomic E-state index is -2.83. The van der Waals surface area contributed by atoms with Gasteiger partial charge in [0, 0.05) is 37.9 Å². The molecule has 0 bridgehead atoms. The molecule has 0 aromatic rings. The lowest BCUT2D eigenvalue weighted by Gasteiger charge is -2.68. The van der Waals surface area contributed by atoms with Crippen LogP contribution >= 0.6 is 0 Å². The van der Waals surface area contributed by atoms with Gasteiger partial charge in [-0.2, -0.15) is 5.26 Å². The maximum atomic E-state index is 12.0. The lowest BCUT2D eigenvalue weighted by Crippen LogP contribution is -2.64. The SMILES string of the molecule is C=CN=C(OCC1CC=C(C2=CCC3(C)C(CCC4(C)C5CCC6(NCCN7CCS(=O)(=O)CC7)CCC[C@@H]6C5CCC43)C2(C)C)CC1)/C(C#N)=C\C. The monoisotopic (exact) mass is 745 g/mol. The van der Waals surface area contributed by atoms with Crippen molar-refractivity contribution >= 4 is 15.7 Å². The van der Waals surface area contributed by atoms with E-state index in [1.54, 1.807) is 17.2 Å². The van der Waals surface area contributed by atoms with Gasteiger partial charge in [-0.05, 0) is 147 Å². The Morgan fingerprint density at radius 2 is 1.81 bits per heavy atom. The number of nitrogens with one attached hydrogen (secondary N) is 1. The second kappa shape index (κ2) is 15.0. The number of fused-ring (bicyclic) bond motifs is 7. The third kappa shape index (κ3) is 7.07. The Labute approximate surface area is 321 Å². The van der Waals surface area contributed by atoms with Gasteiger partial charge in [0.15, 0.2) is 9.84 Å². The average Bonchev–Trinajstić information content (AvgIpc) is 3.56. The largest absolute Gasteiger partial charge is 0.476 e. The number of allylic oxidation sites excluding steroid dienone is 5. The molecular formula is C45H68N4O3S. The van der Waals surface area contributed by atoms with E-state index in [9.17, 15) is 13.7 Å². The van der Waals surface area contributed by atoms with Crippen molar-refractivity contribution in [2.75, 3.05) is 44.3 Å². The molecule has 0 radical (unpaired) electrons. The van der Waals surface area contributed by atoms with Crippen LogP contribution in [0.4, 0.5) is 0 Å². The highest BCUT2D eigenvalue weighted by molar-refractivity contribution is 7.91. The minimum absolute atomic E-state index is 0.160. The highest BCUT2D eigenvalue weighted by atomic mass is 32.2. The Kier molecular flexibility index (Phi) is 11.1. The van der Waals surface area contributed by atoms with E-state index in [1.807, 2.05) is 6.92 Å². The second-order valence-electron chi connectivity index (χ2n) is 19.3. The van der Waals surface area contributed by atoms with Crippen molar-refractivity contribution in [1.82, 2.24) is 10.2 Å². The topological polar surface area (TPSA) is 94.8 Å². The molecule has 0 spiro atoms. The zero-order valence-electron chi connectivity index (χ0n) is 33.6. The van der Waals surface area contributed by atoms with Crippen molar-refractivity contribution in [2.45, 2.75) is 124 Å². The van der Waals surface area contributed by atoms with E-state index in [4.69, 9.17) is 4.74 Å². The summed E-state index contributed by atoms with van der Waals surface area (Å²) in [6.45, 7) is 20.1. The first-order valence-corrected chi connectivity index (χ1v) is 23.1. The lowest BCUT2D eigenvalue weighted by atomic mass is 9.37. The van der Waals surface area contributed by atoms with Crippen LogP contribution in [0, 0.1) is 63.1 Å². The van der Waals surface area contributed by atoms with Gasteiger partial charge in [0.1, 0.15) is 11.6 Å². The molecule has 6 aliphatic carbocycles. The molecule has 0 aromatic carbocycles. The molecule has 7 nitrogen and oxygen atoms in total. The molecule has 4 saturated carbocycles. The Morgan fingerprint density at radius 1 is 1.02 bits per heavy atom. The summed E-state index contributed by atoms with van der Waals surface area (Å²) in [7, 11) is -2.83. The number of rotatable bonds is 9. The van der Waals surface area contributed by atoms with Crippen molar-refractivity contribution in [1.29, 1.82) is 5.26 Å². The van der Waals surface area contributed by atoms with Crippen molar-refractivity contribution in [2.24, 2.45) is 56.7 Å². The normalized spacial score (nSPS) is 41.1. The van der Waals surface area contributed by atoms with Crippen molar-refractivity contribution in [3.63, 3.8) is 0 Å². The van der Waals surface area contributed by atoms with E-state index in [2.05, 4.69) is 67.7 Å². The lowest BCUT2D eigenvalue weighted by molar-refractivity contribution is -0.175. The Balaban J connectivity index is 1.01. The molecule has 1 heterocycles. The fraction of sp³-hybridized carbons (Fsp3) is 0.778. The maximum Gasteiger partial charge on any atom is 0.231 e. The average molecular weight is 745 g/mol. The predicted octanol–water partition coefficient (Wildman–Crippen LogP) is 8.82. The molecule has 7 aliphatic rings. The zero-order valence-corrected chi connectivity index (χ0v) is 34.4. The van der Waals surface area contributed by atoms with Crippen LogP contribution in [0.3, 0.4) is 0 Å². The number of hydrogen-bond donors (Lipinski definition) is 1. The molecule has 1 N–H and O–H groups in total. The molecule has 9 atom stereocenters.